The molecule has 0 aromatic rings. The van der Waals surface area contributed by atoms with Crippen molar-refractivity contribution in [2.24, 2.45) is 11.7 Å². The Morgan fingerprint density at radius 3 is 2.38 bits per heavy atom. The van der Waals surface area contributed by atoms with Gasteiger partial charge in [-0.05, 0) is 31.6 Å². The van der Waals surface area contributed by atoms with Crippen LogP contribution in [0.25, 0.3) is 0 Å². The number of nitrogens with two attached hydrogens (primary N) is 1. The third kappa shape index (κ3) is 1.89. The van der Waals surface area contributed by atoms with Crippen molar-refractivity contribution in [3.8, 4) is 0 Å². The summed E-state index contributed by atoms with van der Waals surface area (Å²) in [6.07, 6.45) is 4.92. The minimum atomic E-state index is -2.85. The van der Waals surface area contributed by atoms with Gasteiger partial charge in [-0.25, -0.2) is 8.42 Å². The molecule has 2 rings (SSSR count). The van der Waals surface area contributed by atoms with E-state index < -0.39 is 9.84 Å². The summed E-state index contributed by atoms with van der Waals surface area (Å²) < 4.78 is 23.4. The number of sulfone groups is 1. The van der Waals surface area contributed by atoms with Crippen LogP contribution >= 0.6 is 0 Å². The van der Waals surface area contributed by atoms with Crippen LogP contribution in [0.15, 0.2) is 0 Å². The van der Waals surface area contributed by atoms with Crippen LogP contribution in [0.4, 0.5) is 0 Å². The second kappa shape index (κ2) is 3.24. The average molecular weight is 203 g/mol. The summed E-state index contributed by atoms with van der Waals surface area (Å²) in [5.74, 6) is 0.857. The van der Waals surface area contributed by atoms with Gasteiger partial charge in [0.2, 0.25) is 0 Å². The predicted octanol–water partition coefficient (Wildman–Crippen LogP) is 0.691. The smallest absolute Gasteiger partial charge is 0.154 e. The minimum absolute atomic E-state index is 0.0784. The van der Waals surface area contributed by atoms with E-state index in [1.165, 1.54) is 0 Å². The monoisotopic (exact) mass is 203 g/mol. The van der Waals surface area contributed by atoms with Crippen LogP contribution < -0.4 is 5.73 Å². The fraction of sp³-hybridized carbons (Fsp3) is 1.00. The second-order valence-electron chi connectivity index (χ2n) is 4.32. The van der Waals surface area contributed by atoms with Crippen molar-refractivity contribution in [3.63, 3.8) is 0 Å². The minimum Gasteiger partial charge on any atom is -0.326 e. The Labute approximate surface area is 79.6 Å². The SMILES string of the molecule is NC(C1CC1)C1CCCCS1(=O)=O. The summed E-state index contributed by atoms with van der Waals surface area (Å²) >= 11 is 0. The Morgan fingerprint density at radius 1 is 1.15 bits per heavy atom. The first-order valence-corrected chi connectivity index (χ1v) is 6.80. The van der Waals surface area contributed by atoms with Gasteiger partial charge in [-0.15, -0.1) is 0 Å². The van der Waals surface area contributed by atoms with Crippen molar-refractivity contribution in [1.82, 2.24) is 0 Å². The molecule has 2 fully saturated rings. The highest BCUT2D eigenvalue weighted by molar-refractivity contribution is 7.92. The molecule has 4 heteroatoms. The molecule has 1 aliphatic carbocycles. The van der Waals surface area contributed by atoms with Crippen molar-refractivity contribution >= 4 is 9.84 Å². The van der Waals surface area contributed by atoms with E-state index in [1.54, 1.807) is 0 Å². The van der Waals surface area contributed by atoms with Crippen molar-refractivity contribution in [1.29, 1.82) is 0 Å². The van der Waals surface area contributed by atoms with E-state index in [-0.39, 0.29) is 11.3 Å². The molecule has 0 amide bonds. The Kier molecular flexibility index (Phi) is 2.36. The van der Waals surface area contributed by atoms with Crippen LogP contribution in [0.3, 0.4) is 0 Å². The maximum Gasteiger partial charge on any atom is 0.154 e. The van der Waals surface area contributed by atoms with Gasteiger partial charge < -0.3 is 5.73 Å². The van der Waals surface area contributed by atoms with Gasteiger partial charge in [0.05, 0.1) is 11.0 Å². The highest BCUT2D eigenvalue weighted by atomic mass is 32.2. The lowest BCUT2D eigenvalue weighted by Gasteiger charge is -2.27. The van der Waals surface area contributed by atoms with E-state index in [4.69, 9.17) is 5.73 Å². The van der Waals surface area contributed by atoms with Crippen LogP contribution in [0.2, 0.25) is 0 Å². The first kappa shape index (κ1) is 9.46. The Balaban J connectivity index is 2.10. The molecular weight excluding hydrogens is 186 g/mol. The highest BCUT2D eigenvalue weighted by Gasteiger charge is 2.41. The number of hydrogen-bond donors (Lipinski definition) is 1. The first-order valence-electron chi connectivity index (χ1n) is 5.08. The highest BCUT2D eigenvalue weighted by Crippen LogP contribution is 2.37. The van der Waals surface area contributed by atoms with Gasteiger partial charge in [-0.1, -0.05) is 6.42 Å². The summed E-state index contributed by atoms with van der Waals surface area (Å²) in [5, 5.41) is -0.228. The van der Waals surface area contributed by atoms with E-state index in [0.717, 1.165) is 32.1 Å². The number of hydrogen-bond acceptors (Lipinski definition) is 3. The molecule has 1 heterocycles. The van der Waals surface area contributed by atoms with Crippen LogP contribution in [0.1, 0.15) is 32.1 Å². The summed E-state index contributed by atoms with van der Waals surface area (Å²) in [6, 6.07) is -0.0784. The molecule has 0 aromatic heterocycles. The molecule has 0 radical (unpaired) electrons. The molecule has 0 spiro atoms. The van der Waals surface area contributed by atoms with Gasteiger partial charge >= 0.3 is 0 Å². The molecule has 1 aliphatic heterocycles. The van der Waals surface area contributed by atoms with Crippen LogP contribution in [0.5, 0.6) is 0 Å². The maximum absolute atomic E-state index is 11.7. The fourth-order valence-electron chi connectivity index (χ4n) is 2.20. The molecule has 13 heavy (non-hydrogen) atoms. The molecule has 0 bridgehead atoms. The second-order valence-corrected chi connectivity index (χ2v) is 6.66. The van der Waals surface area contributed by atoms with Gasteiger partial charge in [0, 0.05) is 6.04 Å². The lowest BCUT2D eigenvalue weighted by atomic mass is 10.0. The van der Waals surface area contributed by atoms with Gasteiger partial charge in [0.1, 0.15) is 0 Å². The van der Waals surface area contributed by atoms with Gasteiger partial charge in [0.15, 0.2) is 9.84 Å². The zero-order valence-corrected chi connectivity index (χ0v) is 8.59. The van der Waals surface area contributed by atoms with Crippen molar-refractivity contribution < 1.29 is 8.42 Å². The molecule has 1 saturated heterocycles. The van der Waals surface area contributed by atoms with Crippen molar-refractivity contribution in [2.75, 3.05) is 5.75 Å². The van der Waals surface area contributed by atoms with Crippen molar-refractivity contribution in [3.05, 3.63) is 0 Å². The molecular formula is C9H17NO2S. The molecule has 2 aliphatic rings. The van der Waals surface area contributed by atoms with Crippen LogP contribution in [-0.4, -0.2) is 25.5 Å². The lowest BCUT2D eigenvalue weighted by Crippen LogP contribution is -2.44. The molecule has 3 nitrogen and oxygen atoms in total. The molecule has 2 N–H and O–H groups in total. The predicted molar refractivity (Wildman–Crippen MR) is 52.1 cm³/mol. The standard InChI is InChI=1S/C9H17NO2S/c10-9(7-4-5-7)8-3-1-2-6-13(8,11)12/h7-9H,1-6,10H2. The Bertz CT molecular complexity index is 282. The summed E-state index contributed by atoms with van der Waals surface area (Å²) in [6.45, 7) is 0. The summed E-state index contributed by atoms with van der Waals surface area (Å²) in [5.41, 5.74) is 5.95. The van der Waals surface area contributed by atoms with Crippen molar-refractivity contribution in [2.45, 2.75) is 43.4 Å². The van der Waals surface area contributed by atoms with Gasteiger partial charge in [-0.2, -0.15) is 0 Å². The van der Waals surface area contributed by atoms with E-state index in [1.807, 2.05) is 0 Å². The zero-order valence-electron chi connectivity index (χ0n) is 7.78. The van der Waals surface area contributed by atoms with E-state index in [9.17, 15) is 8.42 Å². The third-order valence-electron chi connectivity index (χ3n) is 3.22. The normalized spacial score (nSPS) is 35.6. The van der Waals surface area contributed by atoms with Crippen LogP contribution in [0, 0.1) is 5.92 Å². The average Bonchev–Trinajstić information content (AvgIpc) is 2.84. The molecule has 76 valence electrons. The van der Waals surface area contributed by atoms with Gasteiger partial charge in [0.25, 0.3) is 0 Å². The zero-order chi connectivity index (χ0) is 9.47. The largest absolute Gasteiger partial charge is 0.326 e. The maximum atomic E-state index is 11.7. The van der Waals surface area contributed by atoms with E-state index in [2.05, 4.69) is 0 Å². The summed E-state index contributed by atoms with van der Waals surface area (Å²) in [4.78, 5) is 0. The first-order chi connectivity index (χ1) is 6.11. The van der Waals surface area contributed by atoms with E-state index in [0.29, 0.717) is 11.7 Å². The molecule has 2 atom stereocenters. The van der Waals surface area contributed by atoms with E-state index >= 15 is 0 Å². The van der Waals surface area contributed by atoms with Crippen LogP contribution in [-0.2, 0) is 9.84 Å². The van der Waals surface area contributed by atoms with Gasteiger partial charge in [-0.3, -0.25) is 0 Å². The molecule has 2 unspecified atom stereocenters. The fourth-order valence-corrected chi connectivity index (χ4v) is 4.33. The topological polar surface area (TPSA) is 60.2 Å². The Morgan fingerprint density at radius 2 is 1.85 bits per heavy atom. The summed E-state index contributed by atoms with van der Waals surface area (Å²) in [7, 11) is -2.85. The Hall–Kier alpha value is -0.0900. The lowest BCUT2D eigenvalue weighted by molar-refractivity contribution is 0.471. The molecule has 0 aromatic carbocycles. The quantitative estimate of drug-likeness (QED) is 0.718. The molecule has 1 saturated carbocycles. The number of rotatable bonds is 2. The third-order valence-corrected chi connectivity index (χ3v) is 5.55.